The highest BCUT2D eigenvalue weighted by Crippen LogP contribution is 2.30. The average molecular weight is 403 g/mol. The Balaban J connectivity index is 1.27. The maximum Gasteiger partial charge on any atom is 0.416 e. The molecule has 0 unspecified atom stereocenters. The molecule has 2 aromatic carbocycles. The normalized spacial score (nSPS) is 16.6. The smallest absolute Gasteiger partial charge is 0.373 e. The molecular formula is C22H24F3N3O. The molecule has 1 aromatic heterocycles. The van der Waals surface area contributed by atoms with E-state index in [2.05, 4.69) is 28.2 Å². The summed E-state index contributed by atoms with van der Waals surface area (Å²) >= 11 is 0. The van der Waals surface area contributed by atoms with Gasteiger partial charge in [0.15, 0.2) is 0 Å². The first-order valence-electron chi connectivity index (χ1n) is 9.79. The summed E-state index contributed by atoms with van der Waals surface area (Å²) in [6.45, 7) is 2.92. The van der Waals surface area contributed by atoms with E-state index in [1.54, 1.807) is 6.07 Å². The van der Waals surface area contributed by atoms with Crippen molar-refractivity contribution in [1.82, 2.24) is 14.7 Å². The maximum absolute atomic E-state index is 12.8. The van der Waals surface area contributed by atoms with Gasteiger partial charge in [0.2, 0.25) is 0 Å². The van der Waals surface area contributed by atoms with Crippen molar-refractivity contribution in [2.24, 2.45) is 7.05 Å². The maximum atomic E-state index is 12.8. The third kappa shape index (κ3) is 4.79. The van der Waals surface area contributed by atoms with Gasteiger partial charge in [0, 0.05) is 32.1 Å². The Labute approximate surface area is 167 Å². The van der Waals surface area contributed by atoms with Crippen LogP contribution < -0.4 is 0 Å². The van der Waals surface area contributed by atoms with E-state index >= 15 is 0 Å². The Morgan fingerprint density at radius 3 is 2.62 bits per heavy atom. The van der Waals surface area contributed by atoms with Crippen LogP contribution in [0.4, 0.5) is 13.2 Å². The lowest BCUT2D eigenvalue weighted by atomic mass is 10.1. The molecule has 7 heteroatoms. The van der Waals surface area contributed by atoms with Gasteiger partial charge in [0.25, 0.3) is 0 Å². The molecule has 0 atom stereocenters. The number of aromatic nitrogens is 2. The fourth-order valence-corrected chi connectivity index (χ4v) is 3.86. The molecule has 0 bridgehead atoms. The van der Waals surface area contributed by atoms with Gasteiger partial charge in [-0.25, -0.2) is 0 Å². The van der Waals surface area contributed by atoms with Crippen molar-refractivity contribution in [2.45, 2.75) is 38.3 Å². The number of fused-ring (bicyclic) bond motifs is 1. The molecule has 0 amide bonds. The zero-order valence-electron chi connectivity index (χ0n) is 16.3. The first-order chi connectivity index (χ1) is 13.9. The van der Waals surface area contributed by atoms with E-state index < -0.39 is 11.7 Å². The minimum Gasteiger partial charge on any atom is -0.373 e. The van der Waals surface area contributed by atoms with Gasteiger partial charge in [-0.15, -0.1) is 0 Å². The topological polar surface area (TPSA) is 30.3 Å². The molecule has 0 spiro atoms. The standard InChI is InChI=1S/C22H24F3N3O/c1-27-21-6-5-16(11-18(21)13-26-27)14-28-9-7-20(8-10-28)29-15-17-3-2-4-19(12-17)22(23,24)25/h2-6,11-13,20H,7-10,14-15H2,1H3. The Morgan fingerprint density at radius 1 is 1.07 bits per heavy atom. The van der Waals surface area contributed by atoms with Gasteiger partial charge in [-0.3, -0.25) is 9.58 Å². The van der Waals surface area contributed by atoms with E-state index in [1.165, 1.54) is 17.7 Å². The summed E-state index contributed by atoms with van der Waals surface area (Å²) in [5, 5.41) is 5.42. The van der Waals surface area contributed by atoms with Gasteiger partial charge in [0.1, 0.15) is 0 Å². The Morgan fingerprint density at radius 2 is 1.86 bits per heavy atom. The number of ether oxygens (including phenoxy) is 1. The number of rotatable bonds is 5. The number of likely N-dealkylation sites (tertiary alicyclic amines) is 1. The second-order valence-electron chi connectivity index (χ2n) is 7.65. The highest BCUT2D eigenvalue weighted by atomic mass is 19.4. The van der Waals surface area contributed by atoms with Crippen LogP contribution >= 0.6 is 0 Å². The molecule has 0 aliphatic carbocycles. The van der Waals surface area contributed by atoms with Crippen molar-refractivity contribution in [3.05, 3.63) is 65.4 Å². The summed E-state index contributed by atoms with van der Waals surface area (Å²) in [5.41, 5.74) is 2.32. The highest BCUT2D eigenvalue weighted by Gasteiger charge is 2.30. The molecule has 154 valence electrons. The van der Waals surface area contributed by atoms with E-state index in [9.17, 15) is 13.2 Å². The fraction of sp³-hybridized carbons (Fsp3) is 0.409. The summed E-state index contributed by atoms with van der Waals surface area (Å²) in [7, 11) is 1.94. The van der Waals surface area contributed by atoms with E-state index in [-0.39, 0.29) is 12.7 Å². The number of piperidine rings is 1. The van der Waals surface area contributed by atoms with Crippen LogP contribution in [0.2, 0.25) is 0 Å². The van der Waals surface area contributed by atoms with E-state index in [0.29, 0.717) is 5.56 Å². The van der Waals surface area contributed by atoms with Crippen molar-refractivity contribution < 1.29 is 17.9 Å². The van der Waals surface area contributed by atoms with Crippen LogP contribution in [0.5, 0.6) is 0 Å². The van der Waals surface area contributed by atoms with Crippen LogP contribution in [-0.2, 0) is 31.1 Å². The summed E-state index contributed by atoms with van der Waals surface area (Å²) < 4.78 is 46.2. The molecule has 2 heterocycles. The first-order valence-corrected chi connectivity index (χ1v) is 9.79. The Kier molecular flexibility index (Phi) is 5.61. The van der Waals surface area contributed by atoms with Crippen molar-refractivity contribution in [2.75, 3.05) is 13.1 Å². The predicted molar refractivity (Wildman–Crippen MR) is 105 cm³/mol. The monoisotopic (exact) mass is 403 g/mol. The quantitative estimate of drug-likeness (QED) is 0.615. The fourth-order valence-electron chi connectivity index (χ4n) is 3.86. The minimum absolute atomic E-state index is 0.0848. The third-order valence-corrected chi connectivity index (χ3v) is 5.49. The summed E-state index contributed by atoms with van der Waals surface area (Å²) in [6.07, 6.45) is -0.587. The van der Waals surface area contributed by atoms with Gasteiger partial charge >= 0.3 is 6.18 Å². The molecule has 4 rings (SSSR count). The number of aryl methyl sites for hydroxylation is 1. The van der Waals surface area contributed by atoms with Crippen molar-refractivity contribution in [3.63, 3.8) is 0 Å². The van der Waals surface area contributed by atoms with Crippen LogP contribution in [0.1, 0.15) is 29.5 Å². The third-order valence-electron chi connectivity index (χ3n) is 5.49. The van der Waals surface area contributed by atoms with E-state index in [1.807, 2.05) is 17.9 Å². The lowest BCUT2D eigenvalue weighted by Crippen LogP contribution is -2.36. The van der Waals surface area contributed by atoms with E-state index in [0.717, 1.165) is 49.4 Å². The molecule has 0 radical (unpaired) electrons. The number of benzene rings is 2. The Hall–Kier alpha value is -2.38. The molecular weight excluding hydrogens is 379 g/mol. The SMILES string of the molecule is Cn1ncc2cc(CN3CCC(OCc4cccc(C(F)(F)F)c4)CC3)ccc21. The van der Waals surface area contributed by atoms with Gasteiger partial charge in [0.05, 0.1) is 30.0 Å². The number of alkyl halides is 3. The molecule has 0 N–H and O–H groups in total. The molecule has 1 aliphatic rings. The average Bonchev–Trinajstić information content (AvgIpc) is 3.07. The lowest BCUT2D eigenvalue weighted by Gasteiger charge is -2.32. The Bertz CT molecular complexity index is 975. The molecule has 4 nitrogen and oxygen atoms in total. The summed E-state index contributed by atoms with van der Waals surface area (Å²) in [5.74, 6) is 0. The molecule has 3 aromatic rings. The molecule has 0 saturated carbocycles. The van der Waals surface area contributed by atoms with Crippen molar-refractivity contribution in [3.8, 4) is 0 Å². The second-order valence-corrected chi connectivity index (χ2v) is 7.65. The zero-order chi connectivity index (χ0) is 20.4. The highest BCUT2D eigenvalue weighted by molar-refractivity contribution is 5.79. The first kappa shape index (κ1) is 19.9. The van der Waals surface area contributed by atoms with Crippen LogP contribution in [-0.4, -0.2) is 33.9 Å². The van der Waals surface area contributed by atoms with E-state index in [4.69, 9.17) is 4.74 Å². The number of halogens is 3. The number of nitrogens with zero attached hydrogens (tertiary/aromatic N) is 3. The molecule has 1 fully saturated rings. The molecule has 1 aliphatic heterocycles. The van der Waals surface area contributed by atoms with Crippen molar-refractivity contribution >= 4 is 10.9 Å². The molecule has 29 heavy (non-hydrogen) atoms. The lowest BCUT2D eigenvalue weighted by molar-refractivity contribution is -0.137. The van der Waals surface area contributed by atoms with Gasteiger partial charge in [-0.05, 0) is 48.2 Å². The largest absolute Gasteiger partial charge is 0.416 e. The molecule has 1 saturated heterocycles. The van der Waals surface area contributed by atoms with Crippen LogP contribution in [0.25, 0.3) is 10.9 Å². The summed E-state index contributed by atoms with van der Waals surface area (Å²) in [6, 6.07) is 11.8. The summed E-state index contributed by atoms with van der Waals surface area (Å²) in [4.78, 5) is 2.39. The van der Waals surface area contributed by atoms with Crippen LogP contribution in [0.3, 0.4) is 0 Å². The second kappa shape index (κ2) is 8.16. The van der Waals surface area contributed by atoms with Gasteiger partial charge < -0.3 is 4.74 Å². The number of hydrogen-bond acceptors (Lipinski definition) is 3. The van der Waals surface area contributed by atoms with Crippen LogP contribution in [0.15, 0.2) is 48.7 Å². The van der Waals surface area contributed by atoms with Crippen LogP contribution in [0, 0.1) is 0 Å². The number of hydrogen-bond donors (Lipinski definition) is 0. The van der Waals surface area contributed by atoms with Gasteiger partial charge in [-0.1, -0.05) is 18.2 Å². The van der Waals surface area contributed by atoms with Gasteiger partial charge in [-0.2, -0.15) is 18.3 Å². The zero-order valence-corrected chi connectivity index (χ0v) is 16.3. The predicted octanol–water partition coefficient (Wildman–Crippen LogP) is 4.77. The van der Waals surface area contributed by atoms with Crippen molar-refractivity contribution in [1.29, 1.82) is 0 Å². The minimum atomic E-state index is -4.32.